The number of unbranched alkanes of at least 4 members (excludes halogenated alkanes) is 23. The predicted molar refractivity (Wildman–Crippen MR) is 216 cm³/mol. The molecule has 0 aromatic rings. The molecule has 1 fully saturated rings. The van der Waals surface area contributed by atoms with E-state index in [-0.39, 0.29) is 19.6 Å². The molecule has 0 spiro atoms. The summed E-state index contributed by atoms with van der Waals surface area (Å²) < 4.78 is 58.7. The van der Waals surface area contributed by atoms with Gasteiger partial charge < -0.3 is 34.3 Å². The fourth-order valence-electron chi connectivity index (χ4n) is 6.78. The van der Waals surface area contributed by atoms with Gasteiger partial charge in [0.25, 0.3) is 0 Å². The lowest BCUT2D eigenvalue weighted by Crippen LogP contribution is -2.60. The highest BCUT2D eigenvalue weighted by molar-refractivity contribution is 7.80. The molecule has 0 amide bonds. The Morgan fingerprint density at radius 1 is 0.673 bits per heavy atom. The molecule has 1 aliphatic rings. The number of carbonyl (C=O) groups is 1. The number of hydrogen-bond donors (Lipinski definition) is 4. The number of aliphatic hydroxyl groups excluding tert-OH is 3. The van der Waals surface area contributed by atoms with E-state index in [0.717, 1.165) is 44.9 Å². The zero-order valence-corrected chi connectivity index (χ0v) is 35.3. The normalized spacial score (nSPS) is 21.0. The third-order valence-corrected chi connectivity index (χ3v) is 10.6. The van der Waals surface area contributed by atoms with Crippen molar-refractivity contribution < 1.29 is 56.2 Å². The van der Waals surface area contributed by atoms with Gasteiger partial charge in [-0.15, -0.1) is 0 Å². The van der Waals surface area contributed by atoms with Gasteiger partial charge in [-0.2, -0.15) is 8.42 Å². The van der Waals surface area contributed by atoms with Gasteiger partial charge in [-0.05, 0) is 38.5 Å². The fraction of sp³-hybridized carbons (Fsp3) is 0.929. The first-order chi connectivity index (χ1) is 26.6. The molecule has 55 heavy (non-hydrogen) atoms. The summed E-state index contributed by atoms with van der Waals surface area (Å²) in [5, 5.41) is 30.5. The highest BCUT2D eigenvalue weighted by atomic mass is 32.3. The van der Waals surface area contributed by atoms with Crippen LogP contribution >= 0.6 is 0 Å². The molecule has 1 aliphatic heterocycles. The van der Waals surface area contributed by atoms with Crippen LogP contribution in [0.2, 0.25) is 0 Å². The molecule has 6 atom stereocenters. The fourth-order valence-corrected chi connectivity index (χ4v) is 7.29. The van der Waals surface area contributed by atoms with Gasteiger partial charge in [0.2, 0.25) is 0 Å². The molecule has 4 N–H and O–H groups in total. The van der Waals surface area contributed by atoms with Crippen molar-refractivity contribution >= 4 is 16.4 Å². The van der Waals surface area contributed by atoms with Crippen LogP contribution in [-0.2, 0) is 38.3 Å². The van der Waals surface area contributed by atoms with E-state index in [0.29, 0.717) is 13.0 Å². The average Bonchev–Trinajstić information content (AvgIpc) is 3.15. The SMILES string of the molecule is CCCCCCCCCC/C=C\CCCCCCCCCCCCOCC(COC1OC(CO)C(O)C(OS(=O)(=O)O)C1O)OC(=O)CCCCCCCC. The van der Waals surface area contributed by atoms with E-state index in [9.17, 15) is 28.5 Å². The van der Waals surface area contributed by atoms with Crippen molar-refractivity contribution in [1.29, 1.82) is 0 Å². The first-order valence-corrected chi connectivity index (χ1v) is 23.3. The summed E-state index contributed by atoms with van der Waals surface area (Å²) in [5.41, 5.74) is 0. The first kappa shape index (κ1) is 51.9. The lowest BCUT2D eigenvalue weighted by Gasteiger charge is -2.41. The first-order valence-electron chi connectivity index (χ1n) is 21.9. The van der Waals surface area contributed by atoms with Crippen LogP contribution in [0.25, 0.3) is 0 Å². The number of carbonyl (C=O) groups excluding carboxylic acids is 1. The van der Waals surface area contributed by atoms with Crippen LogP contribution in [0.3, 0.4) is 0 Å². The average molecular weight is 809 g/mol. The van der Waals surface area contributed by atoms with E-state index in [2.05, 4.69) is 30.2 Å². The van der Waals surface area contributed by atoms with Gasteiger partial charge in [0.05, 0.1) is 19.8 Å². The zero-order chi connectivity index (χ0) is 40.4. The molecule has 0 aromatic carbocycles. The van der Waals surface area contributed by atoms with Crippen LogP contribution in [0.1, 0.15) is 187 Å². The molecule has 0 saturated carbocycles. The Balaban J connectivity index is 2.28. The minimum atomic E-state index is -5.05. The van der Waals surface area contributed by atoms with Crippen LogP contribution in [0.15, 0.2) is 12.2 Å². The second-order valence-corrected chi connectivity index (χ2v) is 16.3. The van der Waals surface area contributed by atoms with Crippen molar-refractivity contribution in [2.24, 2.45) is 0 Å². The smallest absolute Gasteiger partial charge is 0.397 e. The van der Waals surface area contributed by atoms with Gasteiger partial charge in [0.1, 0.15) is 30.5 Å². The maximum Gasteiger partial charge on any atom is 0.397 e. The van der Waals surface area contributed by atoms with E-state index in [1.54, 1.807) is 0 Å². The van der Waals surface area contributed by atoms with Gasteiger partial charge >= 0.3 is 16.4 Å². The number of ether oxygens (including phenoxy) is 4. The monoisotopic (exact) mass is 809 g/mol. The van der Waals surface area contributed by atoms with E-state index >= 15 is 0 Å². The number of hydrogen-bond acceptors (Lipinski definition) is 11. The molecule has 1 saturated heterocycles. The van der Waals surface area contributed by atoms with Crippen LogP contribution in [0, 0.1) is 0 Å². The Bertz CT molecular complexity index is 1030. The van der Waals surface area contributed by atoms with Gasteiger partial charge in [0.15, 0.2) is 6.29 Å². The summed E-state index contributed by atoms with van der Waals surface area (Å²) >= 11 is 0. The largest absolute Gasteiger partial charge is 0.457 e. The van der Waals surface area contributed by atoms with Gasteiger partial charge in [-0.1, -0.05) is 154 Å². The highest BCUT2D eigenvalue weighted by Crippen LogP contribution is 2.26. The standard InChI is InChI=1S/C42H80O12S/c1-3-5-7-9-11-12-13-14-15-16-17-18-19-20-21-22-23-24-25-26-28-30-32-50-34-36(52-38(44)31-29-27-10-8-6-4-2)35-51-42-40(46)41(54-55(47,48)49)39(45)37(33-43)53-42/h16-17,36-37,39-43,45-46H,3-15,18-35H2,1-2H3,(H,47,48,49)/b17-16-. The van der Waals surface area contributed by atoms with Gasteiger partial charge in [0, 0.05) is 13.0 Å². The third-order valence-electron chi connectivity index (χ3n) is 10.1. The summed E-state index contributed by atoms with van der Waals surface area (Å²) in [5.74, 6) is -0.407. The predicted octanol–water partition coefficient (Wildman–Crippen LogP) is 8.69. The van der Waals surface area contributed by atoms with E-state index in [4.69, 9.17) is 23.5 Å². The van der Waals surface area contributed by atoms with Crippen molar-refractivity contribution in [2.75, 3.05) is 26.4 Å². The summed E-state index contributed by atoms with van der Waals surface area (Å²) in [6, 6.07) is 0. The molecule has 12 nitrogen and oxygen atoms in total. The van der Waals surface area contributed by atoms with Crippen molar-refractivity contribution in [3.05, 3.63) is 12.2 Å². The van der Waals surface area contributed by atoms with E-state index in [1.165, 1.54) is 116 Å². The van der Waals surface area contributed by atoms with Crippen LogP contribution in [-0.4, -0.2) is 97.5 Å². The summed E-state index contributed by atoms with van der Waals surface area (Å²) in [6.07, 6.45) is 27.3. The summed E-state index contributed by atoms with van der Waals surface area (Å²) in [4.78, 5) is 12.6. The van der Waals surface area contributed by atoms with Gasteiger partial charge in [-0.3, -0.25) is 9.35 Å². The number of allylic oxidation sites excluding steroid dienone is 2. The van der Waals surface area contributed by atoms with E-state index in [1.807, 2.05) is 0 Å². The Morgan fingerprint density at radius 2 is 1.15 bits per heavy atom. The molecule has 1 heterocycles. The molecular formula is C42H80O12S. The Kier molecular flexibility index (Phi) is 32.9. The highest BCUT2D eigenvalue weighted by Gasteiger charge is 2.48. The molecule has 0 aromatic heterocycles. The Labute approximate surface area is 334 Å². The lowest BCUT2D eigenvalue weighted by molar-refractivity contribution is -0.301. The minimum absolute atomic E-state index is 0.0388. The molecule has 0 bridgehead atoms. The van der Waals surface area contributed by atoms with Crippen LogP contribution < -0.4 is 0 Å². The Morgan fingerprint density at radius 3 is 1.64 bits per heavy atom. The zero-order valence-electron chi connectivity index (χ0n) is 34.5. The molecular weight excluding hydrogens is 729 g/mol. The lowest BCUT2D eigenvalue weighted by atomic mass is 9.99. The van der Waals surface area contributed by atoms with Crippen molar-refractivity contribution in [3.63, 3.8) is 0 Å². The van der Waals surface area contributed by atoms with Crippen molar-refractivity contribution in [3.8, 4) is 0 Å². The Hall–Kier alpha value is -1.16. The van der Waals surface area contributed by atoms with Crippen molar-refractivity contribution in [1.82, 2.24) is 0 Å². The maximum atomic E-state index is 12.6. The minimum Gasteiger partial charge on any atom is -0.457 e. The van der Waals surface area contributed by atoms with Crippen LogP contribution in [0.4, 0.5) is 0 Å². The van der Waals surface area contributed by atoms with Crippen LogP contribution in [0.5, 0.6) is 0 Å². The van der Waals surface area contributed by atoms with Crippen molar-refractivity contribution in [2.45, 2.75) is 224 Å². The number of esters is 1. The van der Waals surface area contributed by atoms with Gasteiger partial charge in [-0.25, -0.2) is 4.18 Å². The quantitative estimate of drug-likeness (QED) is 0.0202. The van der Waals surface area contributed by atoms with E-state index < -0.39 is 59.8 Å². The number of rotatable bonds is 38. The second-order valence-electron chi connectivity index (χ2n) is 15.3. The third kappa shape index (κ3) is 28.8. The molecule has 326 valence electrons. The maximum absolute atomic E-state index is 12.6. The molecule has 0 radical (unpaired) electrons. The molecule has 0 aliphatic carbocycles. The summed E-state index contributed by atoms with van der Waals surface area (Å²) in [6.45, 7) is 3.92. The number of aliphatic hydroxyl groups is 3. The molecule has 6 unspecified atom stereocenters. The molecule has 1 rings (SSSR count). The second kappa shape index (κ2) is 34.8. The topological polar surface area (TPSA) is 178 Å². The molecule has 13 heteroatoms. The summed E-state index contributed by atoms with van der Waals surface area (Å²) in [7, 11) is -5.05.